The molecule has 0 aliphatic heterocycles. The lowest BCUT2D eigenvalue weighted by atomic mass is 9.82. The minimum Gasteiger partial charge on any atom is -0.481 e. The summed E-state index contributed by atoms with van der Waals surface area (Å²) in [5.74, 6) is -0.849. The van der Waals surface area contributed by atoms with E-state index in [0.717, 1.165) is 32.0 Å². The third-order valence-corrected chi connectivity index (χ3v) is 4.82. The predicted molar refractivity (Wildman–Crippen MR) is 80.1 cm³/mol. The maximum absolute atomic E-state index is 11.8. The first kappa shape index (κ1) is 16.7. The summed E-state index contributed by atoms with van der Waals surface area (Å²) in [6.45, 7) is 0. The zero-order chi connectivity index (χ0) is 15.9. The van der Waals surface area contributed by atoms with Crippen LogP contribution in [0.2, 0.25) is 0 Å². The molecule has 2 rings (SSSR count). The summed E-state index contributed by atoms with van der Waals surface area (Å²) >= 11 is 0. The van der Waals surface area contributed by atoms with Gasteiger partial charge < -0.3 is 14.6 Å². The quantitative estimate of drug-likeness (QED) is 0.480. The number of carbonyl (C=O) groups is 3. The number of carbonyl (C=O) groups excluding carboxylic acids is 2. The van der Waals surface area contributed by atoms with Crippen LogP contribution >= 0.6 is 0 Å². The van der Waals surface area contributed by atoms with Gasteiger partial charge in [-0.15, -0.1) is 0 Å². The lowest BCUT2D eigenvalue weighted by molar-refractivity contribution is -0.148. The van der Waals surface area contributed by atoms with Crippen LogP contribution in [0.3, 0.4) is 0 Å². The molecule has 2 saturated carbocycles. The lowest BCUT2D eigenvalue weighted by Crippen LogP contribution is -2.27. The molecular formula is C17H24O5. The number of esters is 1. The van der Waals surface area contributed by atoms with Gasteiger partial charge in [0.2, 0.25) is 0 Å². The van der Waals surface area contributed by atoms with Crippen LogP contribution in [0.15, 0.2) is 12.2 Å². The maximum Gasteiger partial charge on any atom is 0.330 e. The Kier molecular flexibility index (Phi) is 6.16. The minimum absolute atomic E-state index is 0.154. The van der Waals surface area contributed by atoms with Crippen molar-refractivity contribution in [2.75, 3.05) is 0 Å². The van der Waals surface area contributed by atoms with Crippen molar-refractivity contribution in [3.05, 3.63) is 12.2 Å². The summed E-state index contributed by atoms with van der Waals surface area (Å²) in [6.07, 6.45) is 10.3. The molecule has 0 atom stereocenters. The van der Waals surface area contributed by atoms with Crippen molar-refractivity contribution in [1.82, 2.24) is 0 Å². The van der Waals surface area contributed by atoms with Gasteiger partial charge in [0.25, 0.3) is 0 Å². The van der Waals surface area contributed by atoms with E-state index in [0.29, 0.717) is 31.6 Å². The monoisotopic (exact) mass is 308 g/mol. The van der Waals surface area contributed by atoms with E-state index in [9.17, 15) is 14.4 Å². The van der Waals surface area contributed by atoms with E-state index in [1.54, 1.807) is 0 Å². The fraction of sp³-hybridized carbons (Fsp3) is 0.706. The summed E-state index contributed by atoms with van der Waals surface area (Å²) < 4.78 is 5.38. The van der Waals surface area contributed by atoms with E-state index in [1.807, 2.05) is 6.08 Å². The number of allylic oxidation sites excluding steroid dienone is 1. The highest BCUT2D eigenvalue weighted by atomic mass is 16.5. The topological polar surface area (TPSA) is 80.7 Å². The Bertz CT molecular complexity index is 426. The summed E-state index contributed by atoms with van der Waals surface area (Å²) in [4.78, 5) is 33.4. The Morgan fingerprint density at radius 2 is 1.50 bits per heavy atom. The maximum atomic E-state index is 11.8. The molecule has 0 aromatic rings. The smallest absolute Gasteiger partial charge is 0.330 e. The number of ether oxygens (including phenoxy) is 1. The van der Waals surface area contributed by atoms with Gasteiger partial charge in [0.15, 0.2) is 0 Å². The van der Waals surface area contributed by atoms with Crippen molar-refractivity contribution in [3.8, 4) is 0 Å². The Hall–Kier alpha value is -1.65. The van der Waals surface area contributed by atoms with Crippen LogP contribution in [-0.2, 0) is 19.1 Å². The van der Waals surface area contributed by atoms with Crippen LogP contribution in [0.5, 0.6) is 0 Å². The Morgan fingerprint density at radius 1 is 0.909 bits per heavy atom. The van der Waals surface area contributed by atoms with Gasteiger partial charge in [-0.25, -0.2) is 4.79 Å². The molecule has 0 bridgehead atoms. The molecule has 0 aromatic carbocycles. The van der Waals surface area contributed by atoms with Gasteiger partial charge in [0.1, 0.15) is 12.4 Å². The molecular weight excluding hydrogens is 284 g/mol. The Labute approximate surface area is 130 Å². The molecule has 0 heterocycles. The second-order valence-electron chi connectivity index (χ2n) is 6.42. The van der Waals surface area contributed by atoms with Crippen LogP contribution < -0.4 is 0 Å². The summed E-state index contributed by atoms with van der Waals surface area (Å²) in [6, 6.07) is 0. The van der Waals surface area contributed by atoms with Crippen LogP contribution in [-0.4, -0.2) is 29.4 Å². The molecule has 22 heavy (non-hydrogen) atoms. The van der Waals surface area contributed by atoms with E-state index in [4.69, 9.17) is 9.84 Å². The van der Waals surface area contributed by atoms with Gasteiger partial charge in [0.05, 0.1) is 5.92 Å². The minimum atomic E-state index is -0.754. The predicted octanol–water partition coefficient (Wildman–Crippen LogP) is 2.73. The van der Waals surface area contributed by atoms with E-state index in [-0.39, 0.29) is 23.9 Å². The van der Waals surface area contributed by atoms with Crippen molar-refractivity contribution >= 4 is 18.2 Å². The first-order valence-corrected chi connectivity index (χ1v) is 8.15. The number of aliphatic carboxylic acids is 1. The highest BCUT2D eigenvalue weighted by Gasteiger charge is 2.27. The van der Waals surface area contributed by atoms with Gasteiger partial charge in [-0.1, -0.05) is 6.08 Å². The molecule has 0 aromatic heterocycles. The van der Waals surface area contributed by atoms with Gasteiger partial charge in [0, 0.05) is 12.0 Å². The van der Waals surface area contributed by atoms with E-state index < -0.39 is 5.97 Å². The number of hydrogen-bond acceptors (Lipinski definition) is 4. The van der Waals surface area contributed by atoms with Crippen molar-refractivity contribution in [2.45, 2.75) is 57.5 Å². The van der Waals surface area contributed by atoms with Gasteiger partial charge >= 0.3 is 11.9 Å². The molecule has 2 fully saturated rings. The Morgan fingerprint density at radius 3 is 2.05 bits per heavy atom. The second-order valence-corrected chi connectivity index (χ2v) is 6.42. The zero-order valence-corrected chi connectivity index (χ0v) is 12.8. The standard InChI is InChI=1S/C17H24O5/c18-11-13-3-1-12(2-4-13)5-10-16(19)22-15-8-6-14(7-9-15)17(20)21/h5,10-15H,1-4,6-9H2,(H,20,21). The van der Waals surface area contributed by atoms with Crippen LogP contribution in [0.4, 0.5) is 0 Å². The number of carboxylic acids is 1. The van der Waals surface area contributed by atoms with E-state index in [1.165, 1.54) is 6.08 Å². The van der Waals surface area contributed by atoms with Gasteiger partial charge in [-0.3, -0.25) is 4.79 Å². The third kappa shape index (κ3) is 4.97. The van der Waals surface area contributed by atoms with E-state index in [2.05, 4.69) is 0 Å². The fourth-order valence-electron chi connectivity index (χ4n) is 3.32. The SMILES string of the molecule is O=CC1CCC(C=CC(=O)OC2CCC(C(=O)O)CC2)CC1. The normalized spacial score (nSPS) is 32.5. The molecule has 5 heteroatoms. The van der Waals surface area contributed by atoms with Gasteiger partial charge in [-0.2, -0.15) is 0 Å². The summed E-state index contributed by atoms with van der Waals surface area (Å²) in [7, 11) is 0. The van der Waals surface area contributed by atoms with Gasteiger partial charge in [-0.05, 0) is 57.3 Å². The molecule has 0 saturated heterocycles. The highest BCUT2D eigenvalue weighted by Crippen LogP contribution is 2.29. The molecule has 0 radical (unpaired) electrons. The lowest BCUT2D eigenvalue weighted by Gasteiger charge is -2.25. The molecule has 122 valence electrons. The molecule has 0 spiro atoms. The third-order valence-electron chi connectivity index (χ3n) is 4.82. The number of rotatable bonds is 5. The first-order valence-electron chi connectivity index (χ1n) is 8.15. The molecule has 1 N–H and O–H groups in total. The van der Waals surface area contributed by atoms with Crippen LogP contribution in [0.25, 0.3) is 0 Å². The number of carboxylic acid groups (broad SMARTS) is 1. The van der Waals surface area contributed by atoms with E-state index >= 15 is 0 Å². The second kappa shape index (κ2) is 8.11. The molecule has 5 nitrogen and oxygen atoms in total. The number of hydrogen-bond donors (Lipinski definition) is 1. The average Bonchev–Trinajstić information content (AvgIpc) is 2.54. The largest absolute Gasteiger partial charge is 0.481 e. The fourth-order valence-corrected chi connectivity index (χ4v) is 3.32. The first-order chi connectivity index (χ1) is 10.6. The zero-order valence-electron chi connectivity index (χ0n) is 12.8. The molecule has 2 aliphatic rings. The highest BCUT2D eigenvalue weighted by molar-refractivity contribution is 5.82. The van der Waals surface area contributed by atoms with Crippen molar-refractivity contribution < 1.29 is 24.2 Å². The van der Waals surface area contributed by atoms with Crippen molar-refractivity contribution in [1.29, 1.82) is 0 Å². The average molecular weight is 308 g/mol. The van der Waals surface area contributed by atoms with Crippen LogP contribution in [0, 0.1) is 17.8 Å². The van der Waals surface area contributed by atoms with Crippen molar-refractivity contribution in [2.24, 2.45) is 17.8 Å². The van der Waals surface area contributed by atoms with Crippen molar-refractivity contribution in [3.63, 3.8) is 0 Å². The molecule has 0 unspecified atom stereocenters. The molecule has 2 aliphatic carbocycles. The Balaban J connectivity index is 1.69. The molecule has 0 amide bonds. The van der Waals surface area contributed by atoms with Crippen LogP contribution in [0.1, 0.15) is 51.4 Å². The number of aldehydes is 1. The summed E-state index contributed by atoms with van der Waals surface area (Å²) in [5, 5.41) is 8.93. The summed E-state index contributed by atoms with van der Waals surface area (Å²) in [5.41, 5.74) is 0.